The summed E-state index contributed by atoms with van der Waals surface area (Å²) in [5.74, 6) is -0.893. The number of rotatable bonds is 5. The Balaban J connectivity index is 2.29. The van der Waals surface area contributed by atoms with E-state index in [-0.39, 0.29) is 39.9 Å². The van der Waals surface area contributed by atoms with Crippen LogP contribution in [0, 0.1) is 0 Å². The minimum absolute atomic E-state index is 0.0237. The molecule has 1 heterocycles. The van der Waals surface area contributed by atoms with E-state index < -0.39 is 12.5 Å². The third-order valence-corrected chi connectivity index (χ3v) is 3.22. The van der Waals surface area contributed by atoms with Crippen molar-refractivity contribution in [2.45, 2.75) is 13.0 Å². The molecule has 2 rings (SSSR count). The van der Waals surface area contributed by atoms with Gasteiger partial charge in [-0.25, -0.2) is 0 Å². The van der Waals surface area contributed by atoms with Crippen molar-refractivity contribution in [1.29, 1.82) is 0 Å². The molecule has 1 amide bonds. The van der Waals surface area contributed by atoms with Crippen molar-refractivity contribution in [3.05, 3.63) is 46.8 Å². The summed E-state index contributed by atoms with van der Waals surface area (Å²) in [4.78, 5) is 11.8. The Hall–Kier alpha value is -2.28. The third-order valence-electron chi connectivity index (χ3n) is 2.92. The molecule has 0 unspecified atom stereocenters. The molecule has 5 nitrogen and oxygen atoms in total. The van der Waals surface area contributed by atoms with Gasteiger partial charge in [-0.05, 0) is 12.1 Å². The molecule has 0 aliphatic carbocycles. The van der Waals surface area contributed by atoms with Gasteiger partial charge in [-0.2, -0.15) is 8.78 Å². The second kappa shape index (κ2) is 6.65. The smallest absolute Gasteiger partial charge is 0.387 e. The first-order valence-electron chi connectivity index (χ1n) is 6.30. The van der Waals surface area contributed by atoms with E-state index in [0.29, 0.717) is 6.54 Å². The van der Waals surface area contributed by atoms with Crippen molar-refractivity contribution in [1.82, 2.24) is 5.32 Å². The van der Waals surface area contributed by atoms with Crippen molar-refractivity contribution in [3.63, 3.8) is 0 Å². The Morgan fingerprint density at radius 3 is 2.86 bits per heavy atom. The molecule has 0 bridgehead atoms. The average Bonchev–Trinajstić information content (AvgIpc) is 2.42. The van der Waals surface area contributed by atoms with E-state index >= 15 is 0 Å². The van der Waals surface area contributed by atoms with E-state index in [1.165, 1.54) is 18.2 Å². The molecular weight excluding hydrogens is 318 g/mol. The maximum absolute atomic E-state index is 12.5. The fraction of sp³-hybridized carbons (Fsp3) is 0.214. The minimum Gasteiger partial charge on any atom is -0.511 e. The molecule has 8 heteroatoms. The topological polar surface area (TPSA) is 70.6 Å². The van der Waals surface area contributed by atoms with Gasteiger partial charge in [0.2, 0.25) is 0 Å². The van der Waals surface area contributed by atoms with E-state index in [2.05, 4.69) is 21.9 Å². The molecule has 22 heavy (non-hydrogen) atoms. The number of carbonyl (C=O) groups is 1. The summed E-state index contributed by atoms with van der Waals surface area (Å²) in [7, 11) is 0. The van der Waals surface area contributed by atoms with Crippen LogP contribution in [0.5, 0.6) is 5.75 Å². The van der Waals surface area contributed by atoms with E-state index in [1.54, 1.807) is 0 Å². The number of nitrogens with one attached hydrogen (secondary N) is 2. The number of ether oxygens (including phenoxy) is 1. The van der Waals surface area contributed by atoms with Crippen molar-refractivity contribution in [2.75, 3.05) is 11.9 Å². The molecule has 0 saturated heterocycles. The zero-order chi connectivity index (χ0) is 16.3. The molecule has 0 fully saturated rings. The molecular formula is C14H13ClF2N2O3. The van der Waals surface area contributed by atoms with Crippen LogP contribution < -0.4 is 15.4 Å². The summed E-state index contributed by atoms with van der Waals surface area (Å²) in [6, 6.07) is 4.34. The summed E-state index contributed by atoms with van der Waals surface area (Å²) < 4.78 is 29.3. The number of hydrogen-bond acceptors (Lipinski definition) is 4. The minimum atomic E-state index is -3.06. The molecule has 1 aromatic rings. The number of alkyl halides is 2. The van der Waals surface area contributed by atoms with Crippen LogP contribution >= 0.6 is 11.6 Å². The number of carbonyl (C=O) groups excluding carboxylic acids is 1. The lowest BCUT2D eigenvalue weighted by molar-refractivity contribution is -0.117. The van der Waals surface area contributed by atoms with E-state index in [0.717, 1.165) is 0 Å². The normalized spacial score (nSPS) is 14.8. The summed E-state index contributed by atoms with van der Waals surface area (Å²) in [5.41, 5.74) is 0.127. The molecule has 3 N–H and O–H groups in total. The van der Waals surface area contributed by atoms with E-state index in [1.807, 2.05) is 0 Å². The maximum Gasteiger partial charge on any atom is 0.387 e. The van der Waals surface area contributed by atoms with Gasteiger partial charge in [0.15, 0.2) is 5.75 Å². The summed E-state index contributed by atoms with van der Waals surface area (Å²) >= 11 is 5.83. The Morgan fingerprint density at radius 1 is 1.50 bits per heavy atom. The Kier molecular flexibility index (Phi) is 4.87. The molecule has 0 radical (unpaired) electrons. The zero-order valence-corrected chi connectivity index (χ0v) is 12.1. The molecule has 0 spiro atoms. The first-order chi connectivity index (χ1) is 10.4. The van der Waals surface area contributed by atoms with E-state index in [4.69, 9.17) is 11.6 Å². The number of hydrogen-bond donors (Lipinski definition) is 3. The molecule has 1 aromatic carbocycles. The molecule has 0 saturated carbocycles. The lowest BCUT2D eigenvalue weighted by atomic mass is 10.1. The fourth-order valence-electron chi connectivity index (χ4n) is 1.99. The molecule has 0 aromatic heterocycles. The van der Waals surface area contributed by atoms with Crippen LogP contribution in [0.1, 0.15) is 6.42 Å². The van der Waals surface area contributed by atoms with E-state index in [9.17, 15) is 18.7 Å². The number of aliphatic hydroxyl groups excluding tert-OH is 1. The highest BCUT2D eigenvalue weighted by molar-refractivity contribution is 6.32. The number of amides is 1. The van der Waals surface area contributed by atoms with Crippen molar-refractivity contribution >= 4 is 23.2 Å². The SMILES string of the molecule is C=C(Nc1cccc(Cl)c1OC(F)F)C1=C(O)CCNC1=O. The highest BCUT2D eigenvalue weighted by Crippen LogP contribution is 2.35. The van der Waals surface area contributed by atoms with Crippen molar-refractivity contribution in [2.24, 2.45) is 0 Å². The second-order valence-electron chi connectivity index (χ2n) is 4.43. The van der Waals surface area contributed by atoms with Gasteiger partial charge in [0.25, 0.3) is 5.91 Å². The lowest BCUT2D eigenvalue weighted by Crippen LogP contribution is -2.33. The third kappa shape index (κ3) is 3.48. The van der Waals surface area contributed by atoms with Gasteiger partial charge in [-0.3, -0.25) is 4.79 Å². The second-order valence-corrected chi connectivity index (χ2v) is 4.83. The summed E-state index contributed by atoms with van der Waals surface area (Å²) in [6.45, 7) is 0.910. The number of benzene rings is 1. The predicted molar refractivity (Wildman–Crippen MR) is 78.1 cm³/mol. The summed E-state index contributed by atoms with van der Waals surface area (Å²) in [5, 5.41) is 15.0. The number of para-hydroxylation sites is 1. The first-order valence-corrected chi connectivity index (χ1v) is 6.68. The van der Waals surface area contributed by atoms with Gasteiger partial charge >= 0.3 is 6.61 Å². The van der Waals surface area contributed by atoms with Gasteiger partial charge in [0.05, 0.1) is 16.3 Å². The fourth-order valence-corrected chi connectivity index (χ4v) is 2.21. The van der Waals surface area contributed by atoms with Gasteiger partial charge in [0, 0.05) is 18.7 Å². The highest BCUT2D eigenvalue weighted by Gasteiger charge is 2.23. The van der Waals surface area contributed by atoms with Crippen LogP contribution in [-0.2, 0) is 4.79 Å². The van der Waals surface area contributed by atoms with Crippen LogP contribution in [0.15, 0.2) is 41.8 Å². The van der Waals surface area contributed by atoms with Crippen LogP contribution in [-0.4, -0.2) is 24.2 Å². The standard InChI is InChI=1S/C14H13ClF2N2O3/c1-7(11-10(20)5-6-18-13(11)21)19-9-4-2-3-8(15)12(9)22-14(16)17/h2-4,14,19-20H,1,5-6H2,(H,18,21). The van der Waals surface area contributed by atoms with Gasteiger partial charge in [-0.15, -0.1) is 0 Å². The largest absolute Gasteiger partial charge is 0.511 e. The van der Waals surface area contributed by atoms with Crippen LogP contribution in [0.4, 0.5) is 14.5 Å². The number of anilines is 1. The van der Waals surface area contributed by atoms with Gasteiger partial charge in [0.1, 0.15) is 5.76 Å². The Morgan fingerprint density at radius 2 is 2.23 bits per heavy atom. The van der Waals surface area contributed by atoms with Crippen molar-refractivity contribution in [3.8, 4) is 5.75 Å². The van der Waals surface area contributed by atoms with Crippen LogP contribution in [0.3, 0.4) is 0 Å². The molecule has 1 aliphatic rings. The number of halogens is 3. The Bertz CT molecular complexity index is 647. The lowest BCUT2D eigenvalue weighted by Gasteiger charge is -2.20. The molecule has 0 atom stereocenters. The average molecular weight is 331 g/mol. The maximum atomic E-state index is 12.5. The first kappa shape index (κ1) is 16.1. The summed E-state index contributed by atoms with van der Waals surface area (Å²) in [6.07, 6.45) is 0.262. The van der Waals surface area contributed by atoms with Crippen LogP contribution in [0.2, 0.25) is 5.02 Å². The monoisotopic (exact) mass is 330 g/mol. The quantitative estimate of drug-likeness (QED) is 0.775. The number of aliphatic hydroxyl groups is 1. The van der Waals surface area contributed by atoms with Gasteiger partial charge < -0.3 is 20.5 Å². The molecule has 1 aliphatic heterocycles. The van der Waals surface area contributed by atoms with Crippen LogP contribution in [0.25, 0.3) is 0 Å². The Labute approximate surface area is 130 Å². The van der Waals surface area contributed by atoms with Crippen molar-refractivity contribution < 1.29 is 23.4 Å². The molecule has 118 valence electrons. The van der Waals surface area contributed by atoms with Gasteiger partial charge in [-0.1, -0.05) is 24.2 Å². The highest BCUT2D eigenvalue weighted by atomic mass is 35.5. The predicted octanol–water partition coefficient (Wildman–Crippen LogP) is 3.20. The zero-order valence-electron chi connectivity index (χ0n) is 11.3.